The van der Waals surface area contributed by atoms with Crippen LogP contribution in [0.1, 0.15) is 84.5 Å². The number of carbonyl (C=O) groups is 3. The molecule has 0 fully saturated rings. The maximum atomic E-state index is 12.3. The number of carbonyl (C=O) groups excluding carboxylic acids is 3. The van der Waals surface area contributed by atoms with Crippen molar-refractivity contribution < 1.29 is 33.4 Å². The average Bonchev–Trinajstić information content (AvgIpc) is 2.75. The molecule has 0 saturated carbocycles. The number of ether oxygens (including phenoxy) is 2. The topological polar surface area (TPSA) is 117 Å². The molecule has 1 atom stereocenters. The highest BCUT2D eigenvalue weighted by molar-refractivity contribution is 5.76. The lowest BCUT2D eigenvalue weighted by Gasteiger charge is -2.29. The van der Waals surface area contributed by atoms with Crippen LogP contribution in [0.15, 0.2) is 0 Å². The zero-order valence-corrected chi connectivity index (χ0v) is 23.2. The Morgan fingerprint density at radius 2 is 1.40 bits per heavy atom. The van der Waals surface area contributed by atoms with Gasteiger partial charge in [0.1, 0.15) is 0 Å². The van der Waals surface area contributed by atoms with Gasteiger partial charge in [0.05, 0.1) is 46.8 Å². The van der Waals surface area contributed by atoms with Gasteiger partial charge in [-0.15, -0.1) is 0 Å². The molecule has 0 aromatic rings. The van der Waals surface area contributed by atoms with Crippen molar-refractivity contribution >= 4 is 18.5 Å². The smallest absolute Gasteiger partial charge is 0.315 e. The molecule has 9 nitrogen and oxygen atoms in total. The molecular formula is C26H53N3O6. The molecule has 208 valence electrons. The van der Waals surface area contributed by atoms with Crippen LogP contribution in [0.2, 0.25) is 0 Å². The number of methoxy groups -OCH3 is 1. The summed E-state index contributed by atoms with van der Waals surface area (Å²) in [5, 5.41) is 14.1. The van der Waals surface area contributed by atoms with Crippen LogP contribution in [0.4, 0.5) is 4.79 Å². The number of rotatable bonds is 20. The highest BCUT2D eigenvalue weighted by Gasteiger charge is 2.23. The average molecular weight is 504 g/mol. The van der Waals surface area contributed by atoms with Crippen molar-refractivity contribution in [2.24, 2.45) is 5.92 Å². The summed E-state index contributed by atoms with van der Waals surface area (Å²) >= 11 is 0. The lowest BCUT2D eigenvalue weighted by molar-refractivity contribution is -0.871. The Labute approximate surface area is 213 Å². The second-order valence-electron chi connectivity index (χ2n) is 10.5. The normalized spacial score (nSPS) is 11.9. The van der Waals surface area contributed by atoms with E-state index in [4.69, 9.17) is 19.4 Å². The Kier molecular flexibility index (Phi) is 24.1. The monoisotopic (exact) mass is 503 g/mol. The van der Waals surface area contributed by atoms with Crippen LogP contribution in [0.3, 0.4) is 0 Å². The first-order valence-corrected chi connectivity index (χ1v) is 13.1. The van der Waals surface area contributed by atoms with E-state index in [-0.39, 0.29) is 24.5 Å². The third-order valence-corrected chi connectivity index (χ3v) is 5.15. The molecule has 9 heteroatoms. The highest BCUT2D eigenvalue weighted by Crippen LogP contribution is 2.10. The van der Waals surface area contributed by atoms with Crippen molar-refractivity contribution in [2.45, 2.75) is 90.5 Å². The first-order chi connectivity index (χ1) is 16.6. The molecule has 0 aliphatic heterocycles. The van der Waals surface area contributed by atoms with E-state index in [0.29, 0.717) is 30.1 Å². The van der Waals surface area contributed by atoms with Gasteiger partial charge in [0, 0.05) is 26.7 Å². The molecular weight excluding hydrogens is 450 g/mol. The summed E-state index contributed by atoms with van der Waals surface area (Å²) in [7, 11) is 7.91. The van der Waals surface area contributed by atoms with Crippen molar-refractivity contribution in [1.29, 1.82) is 0 Å². The van der Waals surface area contributed by atoms with Gasteiger partial charge < -0.3 is 34.5 Å². The first-order valence-electron chi connectivity index (χ1n) is 13.1. The zero-order chi connectivity index (χ0) is 27.0. The second kappa shape index (κ2) is 23.9. The molecule has 0 heterocycles. The van der Waals surface area contributed by atoms with E-state index in [1.807, 2.05) is 35.0 Å². The number of likely N-dealkylation sites (N-methyl/N-ethyl adjacent to an activating group) is 1. The predicted octanol–water partition coefficient (Wildman–Crippen LogP) is 2.86. The van der Waals surface area contributed by atoms with Crippen LogP contribution in [0, 0.1) is 5.92 Å². The minimum Gasteiger partial charge on any atom is -0.554 e. The van der Waals surface area contributed by atoms with Crippen molar-refractivity contribution in [3.63, 3.8) is 0 Å². The van der Waals surface area contributed by atoms with Crippen LogP contribution in [-0.4, -0.2) is 83.6 Å². The van der Waals surface area contributed by atoms with Crippen molar-refractivity contribution in [2.75, 3.05) is 54.6 Å². The molecule has 0 aromatic heterocycles. The van der Waals surface area contributed by atoms with Gasteiger partial charge >= 0.3 is 12.0 Å². The van der Waals surface area contributed by atoms with E-state index in [9.17, 15) is 9.59 Å². The van der Waals surface area contributed by atoms with Crippen LogP contribution in [0.5, 0.6) is 0 Å². The van der Waals surface area contributed by atoms with Gasteiger partial charge in [-0.25, -0.2) is 4.79 Å². The van der Waals surface area contributed by atoms with E-state index in [1.54, 1.807) is 7.11 Å². The van der Waals surface area contributed by atoms with Gasteiger partial charge in [-0.2, -0.15) is 0 Å². The molecule has 2 N–H and O–H groups in total. The maximum absolute atomic E-state index is 12.3. The van der Waals surface area contributed by atoms with Crippen LogP contribution < -0.4 is 15.7 Å². The van der Waals surface area contributed by atoms with Gasteiger partial charge in [0.25, 0.3) is 0 Å². The fourth-order valence-corrected chi connectivity index (χ4v) is 3.57. The number of hydrogen-bond donors (Lipinski definition) is 2. The fourth-order valence-electron chi connectivity index (χ4n) is 3.57. The van der Waals surface area contributed by atoms with E-state index >= 15 is 0 Å². The second-order valence-corrected chi connectivity index (χ2v) is 10.5. The molecule has 0 spiro atoms. The van der Waals surface area contributed by atoms with E-state index in [0.717, 1.165) is 19.4 Å². The summed E-state index contributed by atoms with van der Waals surface area (Å²) in [4.78, 5) is 32.7. The summed E-state index contributed by atoms with van der Waals surface area (Å²) in [5.74, 6) is 0.0468. The number of amides is 2. The van der Waals surface area contributed by atoms with Gasteiger partial charge in [-0.05, 0) is 18.8 Å². The third-order valence-electron chi connectivity index (χ3n) is 5.15. The molecule has 0 aliphatic rings. The Hall–Kier alpha value is -1.87. The number of esters is 1. The Morgan fingerprint density at radius 3 is 1.86 bits per heavy atom. The highest BCUT2D eigenvalue weighted by atomic mass is 16.5. The molecule has 0 aromatic carbocycles. The number of quaternary nitrogens is 1. The minimum absolute atomic E-state index is 0.196. The summed E-state index contributed by atoms with van der Waals surface area (Å²) in [6.45, 7) is 6.14. The van der Waals surface area contributed by atoms with Gasteiger partial charge in [-0.3, -0.25) is 4.79 Å². The lowest BCUT2D eigenvalue weighted by Crippen LogP contribution is -2.52. The first kappa shape index (κ1) is 35.3. The fraction of sp³-hybridized carbons (Fsp3) is 0.885. The Bertz CT molecular complexity index is 524. The van der Waals surface area contributed by atoms with Crippen LogP contribution in [-0.2, 0) is 19.1 Å². The molecule has 35 heavy (non-hydrogen) atoms. The van der Waals surface area contributed by atoms with Gasteiger partial charge in [0.2, 0.25) is 0 Å². The number of nitrogens with one attached hydrogen (secondary N) is 2. The van der Waals surface area contributed by atoms with Crippen molar-refractivity contribution in [3.05, 3.63) is 0 Å². The van der Waals surface area contributed by atoms with E-state index in [1.165, 1.54) is 51.4 Å². The largest absolute Gasteiger partial charge is 0.554 e. The van der Waals surface area contributed by atoms with Crippen molar-refractivity contribution in [3.8, 4) is 0 Å². The van der Waals surface area contributed by atoms with E-state index in [2.05, 4.69) is 10.6 Å². The molecule has 0 unspecified atom stereocenters. The molecule has 0 bridgehead atoms. The molecule has 0 aliphatic carbocycles. The standard InChI is InChI=1S/C25H51N3O4.CH2O2/c1-22(2)21-32-24(29)19-23(20-28(3,4)5)27-25(30)26-17-15-13-11-9-7-8-10-12-14-16-18-31-6;2-1-3/h22-23H,7-21H2,1-6H3,(H-,26,27,30);1H,(H,2,3)/t23-;/m1./s1. The quantitative estimate of drug-likeness (QED) is 0.114. The number of carboxylic acid groups (broad SMARTS) is 1. The Morgan fingerprint density at radius 1 is 0.914 bits per heavy atom. The number of nitrogens with zero attached hydrogens (tertiary/aromatic N) is 1. The molecule has 0 radical (unpaired) electrons. The summed E-state index contributed by atoms with van der Waals surface area (Å²) in [6.07, 6.45) is 12.5. The van der Waals surface area contributed by atoms with Gasteiger partial charge in [0.15, 0.2) is 0 Å². The third kappa shape index (κ3) is 30.1. The van der Waals surface area contributed by atoms with Crippen LogP contribution >= 0.6 is 0 Å². The molecule has 0 saturated heterocycles. The SMILES string of the molecule is COCCCCCCCCCCCCNC(=O)N[C@H](CC(=O)OCC(C)C)C[N+](C)(C)C.O=C[O-]. The van der Waals surface area contributed by atoms with Gasteiger partial charge in [-0.1, -0.05) is 65.2 Å². The van der Waals surface area contributed by atoms with Crippen molar-refractivity contribution in [1.82, 2.24) is 10.6 Å². The maximum Gasteiger partial charge on any atom is 0.315 e. The number of hydrogen-bond acceptors (Lipinski definition) is 6. The summed E-state index contributed by atoms with van der Waals surface area (Å²) < 4.78 is 11.0. The van der Waals surface area contributed by atoms with Crippen LogP contribution in [0.25, 0.3) is 0 Å². The lowest BCUT2D eigenvalue weighted by atomic mass is 10.1. The minimum atomic E-state index is -0.500. The van der Waals surface area contributed by atoms with E-state index < -0.39 is 6.47 Å². The summed E-state index contributed by atoms with van der Waals surface area (Å²) in [5.41, 5.74) is 0. The number of unbranched alkanes of at least 4 members (excludes halogenated alkanes) is 9. The predicted molar refractivity (Wildman–Crippen MR) is 138 cm³/mol. The molecule has 0 rings (SSSR count). The summed E-state index contributed by atoms with van der Waals surface area (Å²) in [6, 6.07) is -0.447. The zero-order valence-electron chi connectivity index (χ0n) is 23.2. The Balaban J connectivity index is 0. The number of urea groups is 1. The molecule has 2 amide bonds.